The maximum atomic E-state index is 12.1. The predicted octanol–water partition coefficient (Wildman–Crippen LogP) is 4.51. The van der Waals surface area contributed by atoms with E-state index < -0.39 is 8.32 Å². The predicted molar refractivity (Wildman–Crippen MR) is 85.3 cm³/mol. The number of carbonyl (C=O) groups is 1. The maximum Gasteiger partial charge on any atom is 0.184 e. The summed E-state index contributed by atoms with van der Waals surface area (Å²) in [6.45, 7) is 8.74. The van der Waals surface area contributed by atoms with E-state index in [4.69, 9.17) is 4.43 Å². The van der Waals surface area contributed by atoms with E-state index in [-0.39, 0.29) is 12.0 Å². The molecule has 0 bridgehead atoms. The average Bonchev–Trinajstić information content (AvgIpc) is 2.81. The Labute approximate surface area is 123 Å². The molecule has 0 spiro atoms. The van der Waals surface area contributed by atoms with Crippen LogP contribution in [-0.2, 0) is 15.6 Å². The van der Waals surface area contributed by atoms with E-state index >= 15 is 0 Å². The molecule has 0 N–H and O–H groups in total. The van der Waals surface area contributed by atoms with E-state index in [1.165, 1.54) is 11.1 Å². The lowest BCUT2D eigenvalue weighted by Gasteiger charge is -2.30. The van der Waals surface area contributed by atoms with Crippen LogP contribution in [0.2, 0.25) is 19.6 Å². The van der Waals surface area contributed by atoms with E-state index in [1.54, 1.807) is 0 Å². The summed E-state index contributed by atoms with van der Waals surface area (Å²) in [5, 5.41) is 0. The zero-order chi connectivity index (χ0) is 14.8. The van der Waals surface area contributed by atoms with Crippen LogP contribution in [0.3, 0.4) is 0 Å². The Morgan fingerprint density at radius 1 is 1.25 bits per heavy atom. The highest BCUT2D eigenvalue weighted by molar-refractivity contribution is 6.69. The Morgan fingerprint density at radius 3 is 2.35 bits per heavy atom. The van der Waals surface area contributed by atoms with Crippen LogP contribution in [0.4, 0.5) is 0 Å². The molecule has 2 nitrogen and oxygen atoms in total. The quantitative estimate of drug-likeness (QED) is 0.746. The molecular weight excluding hydrogens is 264 g/mol. The number of rotatable bonds is 5. The summed E-state index contributed by atoms with van der Waals surface area (Å²) in [7, 11) is -1.67. The first-order valence-corrected chi connectivity index (χ1v) is 11.1. The molecule has 110 valence electrons. The fourth-order valence-electron chi connectivity index (χ4n) is 2.87. The minimum absolute atomic E-state index is 0.0393. The third-order valence-electron chi connectivity index (χ3n) is 3.91. The van der Waals surface area contributed by atoms with Crippen molar-refractivity contribution in [2.24, 2.45) is 5.92 Å². The normalized spacial score (nSPS) is 21.2. The van der Waals surface area contributed by atoms with Gasteiger partial charge in [0.1, 0.15) is 5.78 Å². The topological polar surface area (TPSA) is 26.3 Å². The van der Waals surface area contributed by atoms with Crippen molar-refractivity contribution in [2.45, 2.75) is 58.4 Å². The summed E-state index contributed by atoms with van der Waals surface area (Å²) in [5.74, 6) is 0.446. The lowest BCUT2D eigenvalue weighted by atomic mass is 9.93. The van der Waals surface area contributed by atoms with Gasteiger partial charge in [0.15, 0.2) is 8.32 Å². The fraction of sp³-hybridized carbons (Fsp3) is 0.588. The number of hydrogen-bond donors (Lipinski definition) is 0. The average molecular weight is 290 g/mol. The molecule has 0 saturated heterocycles. The van der Waals surface area contributed by atoms with E-state index in [9.17, 15) is 4.79 Å². The van der Waals surface area contributed by atoms with Gasteiger partial charge in [-0.15, -0.1) is 0 Å². The largest absolute Gasteiger partial charge is 0.410 e. The van der Waals surface area contributed by atoms with Crippen molar-refractivity contribution in [2.75, 3.05) is 0 Å². The molecule has 1 aliphatic rings. The number of Topliss-reactive ketones (excluding diaryl/α,β-unsaturated/α-hetero) is 1. The second-order valence-corrected chi connectivity index (χ2v) is 11.2. The number of ketones is 1. The first-order chi connectivity index (χ1) is 9.40. The molecule has 1 aromatic carbocycles. The smallest absolute Gasteiger partial charge is 0.184 e. The van der Waals surface area contributed by atoms with Crippen molar-refractivity contribution >= 4 is 14.1 Å². The number of hydrogen-bond acceptors (Lipinski definition) is 2. The summed E-state index contributed by atoms with van der Waals surface area (Å²) < 4.78 is 6.37. The number of aryl methyl sites for hydroxylation is 1. The molecule has 3 heteroatoms. The van der Waals surface area contributed by atoms with Crippen molar-refractivity contribution in [3.05, 3.63) is 35.4 Å². The SMILES string of the molecule is CCc1ccc(C(O[Si](C)(C)C)C2CCCC2=O)cc1. The maximum absolute atomic E-state index is 12.1. The third-order valence-corrected chi connectivity index (χ3v) is 4.88. The van der Waals surface area contributed by atoms with Gasteiger partial charge in [-0.3, -0.25) is 4.79 Å². The second kappa shape index (κ2) is 6.23. The summed E-state index contributed by atoms with van der Waals surface area (Å²) in [5.41, 5.74) is 2.50. The molecule has 0 aromatic heterocycles. The summed E-state index contributed by atoms with van der Waals surface area (Å²) >= 11 is 0. The van der Waals surface area contributed by atoms with Crippen LogP contribution >= 0.6 is 0 Å². The van der Waals surface area contributed by atoms with Crippen LogP contribution in [0.5, 0.6) is 0 Å². The monoisotopic (exact) mass is 290 g/mol. The Bertz CT molecular complexity index is 459. The third kappa shape index (κ3) is 3.80. The molecular formula is C17H26O2Si. The summed E-state index contributed by atoms with van der Waals surface area (Å²) in [6.07, 6.45) is 3.72. The molecule has 1 aromatic rings. The molecule has 1 fully saturated rings. The molecule has 0 heterocycles. The van der Waals surface area contributed by atoms with E-state index in [0.717, 1.165) is 25.7 Å². The summed E-state index contributed by atoms with van der Waals surface area (Å²) in [4.78, 5) is 12.1. The zero-order valence-electron chi connectivity index (χ0n) is 13.1. The van der Waals surface area contributed by atoms with Gasteiger partial charge in [-0.1, -0.05) is 31.2 Å². The molecule has 2 unspecified atom stereocenters. The lowest BCUT2D eigenvalue weighted by Crippen LogP contribution is -2.32. The van der Waals surface area contributed by atoms with E-state index in [0.29, 0.717) is 5.78 Å². The van der Waals surface area contributed by atoms with Crippen molar-refractivity contribution in [1.29, 1.82) is 0 Å². The first kappa shape index (κ1) is 15.5. The number of carbonyl (C=O) groups excluding carboxylic acids is 1. The van der Waals surface area contributed by atoms with Crippen LogP contribution in [0, 0.1) is 5.92 Å². The minimum Gasteiger partial charge on any atom is -0.410 e. The van der Waals surface area contributed by atoms with Gasteiger partial charge in [0, 0.05) is 12.3 Å². The van der Waals surface area contributed by atoms with Crippen LogP contribution < -0.4 is 0 Å². The first-order valence-electron chi connectivity index (χ1n) is 7.70. The molecule has 0 radical (unpaired) electrons. The minimum atomic E-state index is -1.67. The zero-order valence-corrected chi connectivity index (χ0v) is 14.1. The van der Waals surface area contributed by atoms with Gasteiger partial charge in [-0.25, -0.2) is 0 Å². The molecule has 20 heavy (non-hydrogen) atoms. The fourth-order valence-corrected chi connectivity index (χ4v) is 3.93. The Balaban J connectivity index is 2.27. The van der Waals surface area contributed by atoms with E-state index in [1.807, 2.05) is 0 Å². The van der Waals surface area contributed by atoms with Gasteiger partial charge in [-0.2, -0.15) is 0 Å². The lowest BCUT2D eigenvalue weighted by molar-refractivity contribution is -0.123. The highest BCUT2D eigenvalue weighted by atomic mass is 28.4. The Morgan fingerprint density at radius 2 is 1.90 bits per heavy atom. The highest BCUT2D eigenvalue weighted by Crippen LogP contribution is 2.37. The molecule has 1 saturated carbocycles. The Kier molecular flexibility index (Phi) is 4.81. The van der Waals surface area contributed by atoms with E-state index in [2.05, 4.69) is 50.8 Å². The molecule has 0 aliphatic heterocycles. The molecule has 1 aliphatic carbocycles. The van der Waals surface area contributed by atoms with Gasteiger partial charge in [-0.05, 0) is 50.0 Å². The van der Waals surface area contributed by atoms with Gasteiger partial charge in [0.25, 0.3) is 0 Å². The van der Waals surface area contributed by atoms with Gasteiger partial charge < -0.3 is 4.43 Å². The second-order valence-electron chi connectivity index (χ2n) is 6.71. The van der Waals surface area contributed by atoms with Crippen molar-refractivity contribution < 1.29 is 9.22 Å². The van der Waals surface area contributed by atoms with Crippen LogP contribution in [-0.4, -0.2) is 14.1 Å². The standard InChI is InChI=1S/C17H26O2Si/c1-5-13-9-11-14(12-10-13)17(19-20(2,3)4)15-7-6-8-16(15)18/h9-12,15,17H,5-8H2,1-4H3. The van der Waals surface area contributed by atoms with Crippen LogP contribution in [0.15, 0.2) is 24.3 Å². The Hall–Kier alpha value is -0.933. The molecule has 0 amide bonds. The van der Waals surface area contributed by atoms with Crippen molar-refractivity contribution in [1.82, 2.24) is 0 Å². The van der Waals surface area contributed by atoms with Crippen molar-refractivity contribution in [3.8, 4) is 0 Å². The highest BCUT2D eigenvalue weighted by Gasteiger charge is 2.36. The van der Waals surface area contributed by atoms with Gasteiger partial charge >= 0.3 is 0 Å². The van der Waals surface area contributed by atoms with Crippen LogP contribution in [0.1, 0.15) is 43.4 Å². The van der Waals surface area contributed by atoms with Gasteiger partial charge in [0.2, 0.25) is 0 Å². The van der Waals surface area contributed by atoms with Gasteiger partial charge in [0.05, 0.1) is 6.10 Å². The summed E-state index contributed by atoms with van der Waals surface area (Å²) in [6, 6.07) is 8.62. The molecule has 2 atom stereocenters. The number of benzene rings is 1. The van der Waals surface area contributed by atoms with Crippen molar-refractivity contribution in [3.63, 3.8) is 0 Å². The van der Waals surface area contributed by atoms with Crippen LogP contribution in [0.25, 0.3) is 0 Å². The molecule has 2 rings (SSSR count).